The third-order valence-corrected chi connectivity index (χ3v) is 5.13. The summed E-state index contributed by atoms with van der Waals surface area (Å²) in [5.41, 5.74) is -1.16. The van der Waals surface area contributed by atoms with Crippen LogP contribution in [0.4, 0.5) is 0 Å². The molecule has 2 aliphatic carbocycles. The highest BCUT2D eigenvalue weighted by Crippen LogP contribution is 2.65. The van der Waals surface area contributed by atoms with Gasteiger partial charge in [0.1, 0.15) is 5.78 Å². The highest BCUT2D eigenvalue weighted by Gasteiger charge is 2.69. The number of esters is 1. The van der Waals surface area contributed by atoms with E-state index < -0.39 is 10.8 Å². The maximum absolute atomic E-state index is 12.4. The first kappa shape index (κ1) is 15.1. The molecule has 1 unspecified atom stereocenters. The van der Waals surface area contributed by atoms with Gasteiger partial charge in [-0.1, -0.05) is 11.6 Å². The fourth-order valence-corrected chi connectivity index (χ4v) is 3.42. The van der Waals surface area contributed by atoms with Crippen molar-refractivity contribution < 1.29 is 23.6 Å². The van der Waals surface area contributed by atoms with Gasteiger partial charge in [-0.15, -0.1) is 0 Å². The van der Waals surface area contributed by atoms with E-state index in [1.165, 1.54) is 0 Å². The second kappa shape index (κ2) is 5.46. The first-order chi connectivity index (χ1) is 10.5. The zero-order chi connectivity index (χ0) is 15.8. The summed E-state index contributed by atoms with van der Waals surface area (Å²) in [6.45, 7) is 2.27. The standard InChI is InChI=1S/C15H20N2O5/c1-14(8-10(18)15(14)5-3-6-15)13(19)21-9-12-16-11(17-22-12)4-7-20-2/h3-9H2,1-2H3. The summed E-state index contributed by atoms with van der Waals surface area (Å²) in [5, 5.41) is 3.78. The summed E-state index contributed by atoms with van der Waals surface area (Å²) in [7, 11) is 1.60. The van der Waals surface area contributed by atoms with Crippen molar-refractivity contribution >= 4 is 11.8 Å². The predicted octanol–water partition coefficient (Wildman–Crippen LogP) is 1.45. The lowest BCUT2D eigenvalue weighted by molar-refractivity contribution is -0.196. The third kappa shape index (κ3) is 2.15. The molecule has 2 saturated carbocycles. The average molecular weight is 308 g/mol. The Morgan fingerprint density at radius 2 is 2.18 bits per heavy atom. The van der Waals surface area contributed by atoms with Crippen molar-refractivity contribution in [2.24, 2.45) is 10.8 Å². The molecule has 0 saturated heterocycles. The van der Waals surface area contributed by atoms with Crippen molar-refractivity contribution in [2.45, 2.75) is 45.6 Å². The minimum absolute atomic E-state index is 0.0569. The van der Waals surface area contributed by atoms with Crippen molar-refractivity contribution in [3.05, 3.63) is 11.7 Å². The fourth-order valence-electron chi connectivity index (χ4n) is 3.42. The summed E-state index contributed by atoms with van der Waals surface area (Å²) in [6.07, 6.45) is 3.40. The lowest BCUT2D eigenvalue weighted by Gasteiger charge is -2.59. The maximum atomic E-state index is 12.4. The van der Waals surface area contributed by atoms with Crippen LogP contribution in [0.2, 0.25) is 0 Å². The van der Waals surface area contributed by atoms with Crippen LogP contribution in [0, 0.1) is 10.8 Å². The summed E-state index contributed by atoms with van der Waals surface area (Å²) in [5.74, 6) is 0.631. The van der Waals surface area contributed by atoms with E-state index in [2.05, 4.69) is 10.1 Å². The van der Waals surface area contributed by atoms with E-state index in [-0.39, 0.29) is 30.7 Å². The summed E-state index contributed by atoms with van der Waals surface area (Å²) in [6, 6.07) is 0. The van der Waals surface area contributed by atoms with Gasteiger partial charge in [0, 0.05) is 25.4 Å². The Morgan fingerprint density at radius 1 is 1.41 bits per heavy atom. The Kier molecular flexibility index (Phi) is 3.76. The Balaban J connectivity index is 1.56. The Bertz CT molecular complexity index is 593. The SMILES string of the molecule is COCCc1noc(COC(=O)C2(C)CC(=O)C23CCC3)n1. The van der Waals surface area contributed by atoms with Gasteiger partial charge in [0.2, 0.25) is 0 Å². The van der Waals surface area contributed by atoms with Gasteiger partial charge in [0.25, 0.3) is 5.89 Å². The van der Waals surface area contributed by atoms with Crippen LogP contribution in [-0.4, -0.2) is 35.6 Å². The number of Topliss-reactive ketones (excluding diaryl/α,β-unsaturated/α-hetero) is 1. The number of ketones is 1. The van der Waals surface area contributed by atoms with Gasteiger partial charge >= 0.3 is 5.97 Å². The molecule has 2 fully saturated rings. The van der Waals surface area contributed by atoms with Gasteiger partial charge in [-0.2, -0.15) is 4.98 Å². The maximum Gasteiger partial charge on any atom is 0.313 e. The summed E-state index contributed by atoms with van der Waals surface area (Å²) >= 11 is 0. The quantitative estimate of drug-likeness (QED) is 0.734. The number of carbonyl (C=O) groups is 2. The lowest BCUT2D eigenvalue weighted by Crippen LogP contribution is -2.65. The van der Waals surface area contributed by atoms with Crippen LogP contribution in [0.1, 0.15) is 44.3 Å². The Hall–Kier alpha value is -1.76. The molecule has 0 N–H and O–H groups in total. The third-order valence-electron chi connectivity index (χ3n) is 5.13. The van der Waals surface area contributed by atoms with Crippen molar-refractivity contribution in [3.63, 3.8) is 0 Å². The summed E-state index contributed by atoms with van der Waals surface area (Å²) in [4.78, 5) is 28.4. The highest BCUT2D eigenvalue weighted by molar-refractivity contribution is 6.03. The summed E-state index contributed by atoms with van der Waals surface area (Å²) < 4.78 is 15.3. The van der Waals surface area contributed by atoms with Crippen LogP contribution < -0.4 is 0 Å². The van der Waals surface area contributed by atoms with Gasteiger partial charge in [-0.25, -0.2) is 0 Å². The number of carbonyl (C=O) groups excluding carboxylic acids is 2. The van der Waals surface area contributed by atoms with Gasteiger partial charge in [-0.3, -0.25) is 9.59 Å². The number of ether oxygens (including phenoxy) is 2. The fraction of sp³-hybridized carbons (Fsp3) is 0.733. The number of nitrogens with zero attached hydrogens (tertiary/aromatic N) is 2. The Morgan fingerprint density at radius 3 is 2.77 bits per heavy atom. The molecule has 1 aromatic heterocycles. The number of hydrogen-bond acceptors (Lipinski definition) is 7. The van der Waals surface area contributed by atoms with Crippen LogP contribution in [0.5, 0.6) is 0 Å². The van der Waals surface area contributed by atoms with E-state index >= 15 is 0 Å². The van der Waals surface area contributed by atoms with Crippen LogP contribution >= 0.6 is 0 Å². The largest absolute Gasteiger partial charge is 0.455 e. The molecule has 7 heteroatoms. The zero-order valence-corrected chi connectivity index (χ0v) is 12.9. The predicted molar refractivity (Wildman–Crippen MR) is 73.7 cm³/mol. The molecule has 1 heterocycles. The molecular formula is C15H20N2O5. The normalized spacial score (nSPS) is 25.6. The molecule has 1 aromatic rings. The molecule has 0 aromatic carbocycles. The zero-order valence-electron chi connectivity index (χ0n) is 12.9. The highest BCUT2D eigenvalue weighted by atomic mass is 16.6. The van der Waals surface area contributed by atoms with Crippen LogP contribution in [-0.2, 0) is 32.1 Å². The van der Waals surface area contributed by atoms with Crippen LogP contribution in [0.25, 0.3) is 0 Å². The van der Waals surface area contributed by atoms with Gasteiger partial charge < -0.3 is 14.0 Å². The van der Waals surface area contributed by atoms with E-state index in [4.69, 9.17) is 14.0 Å². The molecule has 1 atom stereocenters. The van der Waals surface area contributed by atoms with E-state index in [9.17, 15) is 9.59 Å². The topological polar surface area (TPSA) is 91.5 Å². The minimum atomic E-state index is -0.693. The van der Waals surface area contributed by atoms with E-state index in [1.54, 1.807) is 7.11 Å². The average Bonchev–Trinajstić information content (AvgIpc) is 2.88. The molecule has 2 aliphatic rings. The molecule has 0 aliphatic heterocycles. The van der Waals surface area contributed by atoms with Crippen LogP contribution in [0.3, 0.4) is 0 Å². The molecule has 7 nitrogen and oxygen atoms in total. The van der Waals surface area contributed by atoms with Crippen LogP contribution in [0.15, 0.2) is 4.52 Å². The van der Waals surface area contributed by atoms with E-state index in [1.807, 2.05) is 6.92 Å². The number of methoxy groups -OCH3 is 1. The van der Waals surface area contributed by atoms with Crippen molar-refractivity contribution in [2.75, 3.05) is 13.7 Å². The van der Waals surface area contributed by atoms with Gasteiger partial charge in [-0.05, 0) is 19.8 Å². The number of hydrogen-bond donors (Lipinski definition) is 0. The first-order valence-corrected chi connectivity index (χ1v) is 7.53. The Labute approximate surface area is 128 Å². The van der Waals surface area contributed by atoms with Crippen molar-refractivity contribution in [3.8, 4) is 0 Å². The lowest BCUT2D eigenvalue weighted by atomic mass is 9.41. The molecule has 22 heavy (non-hydrogen) atoms. The minimum Gasteiger partial charge on any atom is -0.455 e. The van der Waals surface area contributed by atoms with E-state index in [0.29, 0.717) is 18.9 Å². The van der Waals surface area contributed by atoms with Crippen molar-refractivity contribution in [1.82, 2.24) is 10.1 Å². The molecule has 3 rings (SSSR count). The number of rotatable bonds is 6. The molecule has 0 bridgehead atoms. The monoisotopic (exact) mass is 308 g/mol. The van der Waals surface area contributed by atoms with Gasteiger partial charge in [0.05, 0.1) is 12.0 Å². The number of aromatic nitrogens is 2. The smallest absolute Gasteiger partial charge is 0.313 e. The second-order valence-corrected chi connectivity index (χ2v) is 6.29. The van der Waals surface area contributed by atoms with Gasteiger partial charge in [0.15, 0.2) is 12.4 Å². The second-order valence-electron chi connectivity index (χ2n) is 6.29. The molecule has 1 spiro atoms. The molecule has 120 valence electrons. The molecular weight excluding hydrogens is 288 g/mol. The van der Waals surface area contributed by atoms with E-state index in [0.717, 1.165) is 19.3 Å². The molecule has 0 radical (unpaired) electrons. The molecule has 0 amide bonds. The van der Waals surface area contributed by atoms with Crippen molar-refractivity contribution in [1.29, 1.82) is 0 Å². The first-order valence-electron chi connectivity index (χ1n) is 7.53.